The number of methoxy groups -OCH3 is 1. The van der Waals surface area contributed by atoms with Crippen LogP contribution in [-0.4, -0.2) is 31.7 Å². The first-order chi connectivity index (χ1) is 23.6. The van der Waals surface area contributed by atoms with E-state index in [-0.39, 0.29) is 6.79 Å². The van der Waals surface area contributed by atoms with Gasteiger partial charge >= 0.3 is 0 Å². The minimum atomic E-state index is -0.887. The molecule has 248 valence electrons. The first kappa shape index (κ1) is 32.7. The lowest BCUT2D eigenvalue weighted by molar-refractivity contribution is 0.0182. The highest BCUT2D eigenvalue weighted by Crippen LogP contribution is 2.47. The average molecular weight is 649 g/mol. The summed E-state index contributed by atoms with van der Waals surface area (Å²) in [4.78, 5) is 0. The Morgan fingerprint density at radius 3 is 1.71 bits per heavy atom. The third kappa shape index (κ3) is 8.20. The summed E-state index contributed by atoms with van der Waals surface area (Å²) < 4.78 is 42.7. The van der Waals surface area contributed by atoms with E-state index in [1.165, 1.54) is 0 Å². The molecular weight excluding hydrogens is 608 g/mol. The van der Waals surface area contributed by atoms with Gasteiger partial charge in [0.2, 0.25) is 5.75 Å². The van der Waals surface area contributed by atoms with E-state index in [1.54, 1.807) is 19.2 Å². The molecule has 0 aromatic heterocycles. The Bertz CT molecular complexity index is 1680. The van der Waals surface area contributed by atoms with E-state index in [9.17, 15) is 5.11 Å². The van der Waals surface area contributed by atoms with E-state index < -0.39 is 12.2 Å². The van der Waals surface area contributed by atoms with Crippen LogP contribution in [0.4, 0.5) is 0 Å². The first-order valence-corrected chi connectivity index (χ1v) is 16.1. The van der Waals surface area contributed by atoms with Crippen LogP contribution in [0.5, 0.6) is 34.5 Å². The molecule has 1 N–H and O–H groups in total. The summed E-state index contributed by atoms with van der Waals surface area (Å²) in [5.41, 5.74) is 4.45. The zero-order valence-corrected chi connectivity index (χ0v) is 27.2. The molecule has 0 amide bonds. The second-order valence-electron chi connectivity index (χ2n) is 11.4. The van der Waals surface area contributed by atoms with E-state index in [0.29, 0.717) is 72.9 Å². The predicted molar refractivity (Wildman–Crippen MR) is 182 cm³/mol. The van der Waals surface area contributed by atoms with Crippen molar-refractivity contribution in [1.82, 2.24) is 0 Å². The molecule has 0 saturated carbocycles. The van der Waals surface area contributed by atoms with Crippen molar-refractivity contribution in [3.63, 3.8) is 0 Å². The van der Waals surface area contributed by atoms with Crippen LogP contribution >= 0.6 is 0 Å². The van der Waals surface area contributed by atoms with E-state index in [2.05, 4.69) is 0 Å². The van der Waals surface area contributed by atoms with Gasteiger partial charge in [-0.2, -0.15) is 0 Å². The minimum absolute atomic E-state index is 0.0745. The van der Waals surface area contributed by atoms with Gasteiger partial charge in [-0.3, -0.25) is 0 Å². The quantitative estimate of drug-likeness (QED) is 0.115. The van der Waals surface area contributed by atoms with Gasteiger partial charge in [0.05, 0.1) is 12.7 Å². The fraction of sp³-hybridized carbons (Fsp3) is 0.250. The summed E-state index contributed by atoms with van der Waals surface area (Å²) in [6.07, 6.45) is -1.32. The van der Waals surface area contributed by atoms with Crippen LogP contribution in [0.25, 0.3) is 0 Å². The molecule has 8 nitrogen and oxygen atoms in total. The molecule has 1 aliphatic heterocycles. The summed E-state index contributed by atoms with van der Waals surface area (Å²) in [6.45, 7) is 3.36. The lowest BCUT2D eigenvalue weighted by atomic mass is 9.93. The number of aliphatic hydroxyl groups is 1. The topological polar surface area (TPSA) is 84.8 Å². The van der Waals surface area contributed by atoms with Crippen LogP contribution in [0.2, 0.25) is 0 Å². The van der Waals surface area contributed by atoms with Crippen molar-refractivity contribution >= 4 is 0 Å². The minimum Gasteiger partial charge on any atom is -0.493 e. The molecule has 0 fully saturated rings. The summed E-state index contributed by atoms with van der Waals surface area (Å²) in [6, 6.07) is 37.1. The largest absolute Gasteiger partial charge is 0.493 e. The molecule has 48 heavy (non-hydrogen) atoms. The van der Waals surface area contributed by atoms with Crippen molar-refractivity contribution in [3.05, 3.63) is 143 Å². The zero-order chi connectivity index (χ0) is 33.1. The van der Waals surface area contributed by atoms with Crippen LogP contribution in [-0.2, 0) is 31.0 Å². The number of hydrogen-bond acceptors (Lipinski definition) is 8. The number of benzene rings is 5. The van der Waals surface area contributed by atoms with Crippen molar-refractivity contribution in [2.45, 2.75) is 45.4 Å². The Balaban J connectivity index is 1.39. The van der Waals surface area contributed by atoms with E-state index in [4.69, 9.17) is 33.2 Å². The van der Waals surface area contributed by atoms with Gasteiger partial charge in [-0.05, 0) is 35.7 Å². The van der Waals surface area contributed by atoms with Gasteiger partial charge in [0.25, 0.3) is 0 Å². The van der Waals surface area contributed by atoms with Crippen LogP contribution in [0.15, 0.2) is 115 Å². The van der Waals surface area contributed by atoms with Crippen molar-refractivity contribution in [3.8, 4) is 34.5 Å². The van der Waals surface area contributed by atoms with E-state index in [0.717, 1.165) is 22.3 Å². The van der Waals surface area contributed by atoms with Crippen molar-refractivity contribution in [2.24, 2.45) is 0 Å². The van der Waals surface area contributed by atoms with Gasteiger partial charge in [-0.25, -0.2) is 0 Å². The monoisotopic (exact) mass is 648 g/mol. The molecule has 6 rings (SSSR count). The Kier molecular flexibility index (Phi) is 11.0. The molecule has 5 aromatic rings. The van der Waals surface area contributed by atoms with Gasteiger partial charge in [-0.1, -0.05) is 91.0 Å². The second-order valence-corrected chi connectivity index (χ2v) is 11.4. The molecule has 0 aliphatic carbocycles. The summed E-state index contributed by atoms with van der Waals surface area (Å²) in [7, 11) is 1.56. The smallest absolute Gasteiger partial charge is 0.203 e. The fourth-order valence-corrected chi connectivity index (χ4v) is 5.54. The maximum Gasteiger partial charge on any atom is 0.203 e. The Morgan fingerprint density at radius 2 is 1.19 bits per heavy atom. The average Bonchev–Trinajstić information content (AvgIpc) is 3.13. The molecular formula is C40H40O8. The molecule has 1 aliphatic rings. The SMILES string of the molecule is CCOc1cc(OCOC)cc2c1CC(O)C(c1cc(OCc3ccccc3)c(OCc3ccccc3)c(OCc3ccccc3)c1)O2. The standard InChI is InChI=1S/C40H40O8/c1-3-43-35-21-32(47-27-42-2)22-36-33(35)23-34(41)39(48-36)31-19-37(44-24-28-13-7-4-8-14-28)40(46-26-30-17-11-6-12-18-30)38(20-31)45-25-29-15-9-5-10-16-29/h4-22,34,39,41H,3,23-27H2,1-2H3. The van der Waals surface area contributed by atoms with Crippen molar-refractivity contribution in [1.29, 1.82) is 0 Å². The van der Waals surface area contributed by atoms with Gasteiger partial charge < -0.3 is 38.3 Å². The lowest BCUT2D eigenvalue weighted by Gasteiger charge is -2.33. The molecule has 5 aromatic carbocycles. The van der Waals surface area contributed by atoms with Crippen LogP contribution in [0, 0.1) is 0 Å². The molecule has 0 radical (unpaired) electrons. The maximum atomic E-state index is 11.5. The Hall–Kier alpha value is -5.18. The number of rotatable bonds is 15. The van der Waals surface area contributed by atoms with Gasteiger partial charge in [-0.15, -0.1) is 0 Å². The summed E-state index contributed by atoms with van der Waals surface area (Å²) in [5.74, 6) is 3.12. The highest BCUT2D eigenvalue weighted by molar-refractivity contribution is 5.57. The summed E-state index contributed by atoms with van der Waals surface area (Å²) >= 11 is 0. The number of hydrogen-bond donors (Lipinski definition) is 1. The molecule has 1 heterocycles. The number of fused-ring (bicyclic) bond motifs is 1. The third-order valence-electron chi connectivity index (χ3n) is 7.87. The van der Waals surface area contributed by atoms with Crippen LogP contribution in [0.3, 0.4) is 0 Å². The predicted octanol–water partition coefficient (Wildman–Crippen LogP) is 7.84. The highest BCUT2D eigenvalue weighted by Gasteiger charge is 2.34. The van der Waals surface area contributed by atoms with Crippen molar-refractivity contribution < 1.29 is 38.3 Å². The lowest BCUT2D eigenvalue weighted by Crippen LogP contribution is -2.31. The van der Waals surface area contributed by atoms with Gasteiger partial charge in [0.15, 0.2) is 24.4 Å². The molecule has 8 heteroatoms. The van der Waals surface area contributed by atoms with Gasteiger partial charge in [0.1, 0.15) is 37.1 Å². The fourth-order valence-electron chi connectivity index (χ4n) is 5.54. The molecule has 0 spiro atoms. The van der Waals surface area contributed by atoms with Gasteiger partial charge in [0, 0.05) is 36.8 Å². The third-order valence-corrected chi connectivity index (χ3v) is 7.87. The van der Waals surface area contributed by atoms with E-state index in [1.807, 2.05) is 110 Å². The molecule has 2 atom stereocenters. The second kappa shape index (κ2) is 16.1. The summed E-state index contributed by atoms with van der Waals surface area (Å²) in [5, 5.41) is 11.5. The van der Waals surface area contributed by atoms with Crippen LogP contribution in [0.1, 0.15) is 40.8 Å². The highest BCUT2D eigenvalue weighted by atomic mass is 16.7. The van der Waals surface area contributed by atoms with Crippen LogP contribution < -0.4 is 28.4 Å². The van der Waals surface area contributed by atoms with E-state index >= 15 is 0 Å². The number of aliphatic hydroxyl groups excluding tert-OH is 1. The molecule has 0 bridgehead atoms. The number of ether oxygens (including phenoxy) is 7. The first-order valence-electron chi connectivity index (χ1n) is 16.1. The van der Waals surface area contributed by atoms with Crippen molar-refractivity contribution in [2.75, 3.05) is 20.5 Å². The normalized spacial score (nSPS) is 15.1. The molecule has 2 unspecified atom stereocenters. The maximum absolute atomic E-state index is 11.5. The Labute approximate surface area is 281 Å². The molecule has 0 saturated heterocycles. The zero-order valence-electron chi connectivity index (χ0n) is 27.2. The Morgan fingerprint density at radius 1 is 0.646 bits per heavy atom.